The Bertz CT molecular complexity index is 377. The van der Waals surface area contributed by atoms with Gasteiger partial charge in [0.2, 0.25) is 0 Å². The lowest BCUT2D eigenvalue weighted by atomic mass is 10.2. The van der Waals surface area contributed by atoms with Crippen molar-refractivity contribution in [1.29, 1.82) is 0 Å². The zero-order chi connectivity index (χ0) is 10.7. The Balaban J connectivity index is 2.97. The van der Waals surface area contributed by atoms with Crippen molar-refractivity contribution < 1.29 is 0 Å². The summed E-state index contributed by atoms with van der Waals surface area (Å²) in [5, 5.41) is 0. The Morgan fingerprint density at radius 3 is 2.36 bits per heavy atom. The highest BCUT2D eigenvalue weighted by atomic mass is 15.1. The smallest absolute Gasteiger partial charge is 0.106 e. The molecule has 1 aromatic heterocycles. The normalized spacial score (nSPS) is 10.9. The third-order valence-corrected chi connectivity index (χ3v) is 2.23. The summed E-state index contributed by atoms with van der Waals surface area (Å²) in [7, 11) is 2.04. The van der Waals surface area contributed by atoms with Crippen LogP contribution in [0.4, 0.5) is 0 Å². The van der Waals surface area contributed by atoms with Gasteiger partial charge in [0.1, 0.15) is 5.82 Å². The molecular weight excluding hydrogens is 172 g/mol. The molecule has 0 radical (unpaired) electrons. The fourth-order valence-electron chi connectivity index (χ4n) is 1.36. The zero-order valence-electron chi connectivity index (χ0n) is 9.63. The summed E-state index contributed by atoms with van der Waals surface area (Å²) in [6, 6.07) is 0. The molecule has 0 N–H and O–H groups in total. The second kappa shape index (κ2) is 4.27. The van der Waals surface area contributed by atoms with Gasteiger partial charge in [0.25, 0.3) is 0 Å². The molecule has 14 heavy (non-hydrogen) atoms. The first-order valence-corrected chi connectivity index (χ1v) is 4.84. The first-order chi connectivity index (χ1) is 6.52. The van der Waals surface area contributed by atoms with Crippen LogP contribution in [0.1, 0.15) is 31.1 Å². The molecule has 0 aliphatic carbocycles. The fraction of sp³-hybridized carbons (Fsp3) is 0.417. The minimum atomic E-state index is 1.05. The van der Waals surface area contributed by atoms with E-state index in [-0.39, 0.29) is 0 Å². The van der Waals surface area contributed by atoms with Crippen LogP contribution in [-0.2, 0) is 7.05 Å². The maximum Gasteiger partial charge on any atom is 0.106 e. The third-order valence-electron chi connectivity index (χ3n) is 2.23. The van der Waals surface area contributed by atoms with Crippen LogP contribution in [0.5, 0.6) is 0 Å². The predicted molar refractivity (Wildman–Crippen MR) is 61.1 cm³/mol. The average molecular weight is 190 g/mol. The van der Waals surface area contributed by atoms with Crippen molar-refractivity contribution in [2.45, 2.75) is 27.7 Å². The number of allylic oxidation sites excluding steroid dienone is 3. The van der Waals surface area contributed by atoms with Gasteiger partial charge in [-0.15, -0.1) is 0 Å². The van der Waals surface area contributed by atoms with Crippen molar-refractivity contribution >= 4 is 6.08 Å². The number of nitrogens with zero attached hydrogens (tertiary/aromatic N) is 2. The van der Waals surface area contributed by atoms with Gasteiger partial charge in [-0.3, -0.25) is 0 Å². The van der Waals surface area contributed by atoms with Crippen LogP contribution in [0.25, 0.3) is 6.08 Å². The van der Waals surface area contributed by atoms with Crippen molar-refractivity contribution in [3.8, 4) is 0 Å². The van der Waals surface area contributed by atoms with Crippen LogP contribution in [0, 0.1) is 13.8 Å². The first kappa shape index (κ1) is 10.8. The molecule has 0 fully saturated rings. The van der Waals surface area contributed by atoms with E-state index in [4.69, 9.17) is 0 Å². The van der Waals surface area contributed by atoms with Gasteiger partial charge in [0.05, 0.1) is 11.4 Å². The number of aryl methyl sites for hydroxylation is 2. The maximum atomic E-state index is 4.40. The van der Waals surface area contributed by atoms with E-state index in [0.29, 0.717) is 0 Å². The molecular formula is C12H18N2. The summed E-state index contributed by atoms with van der Waals surface area (Å²) in [5.74, 6) is 1.05. The minimum Gasteiger partial charge on any atom is -0.332 e. The number of imidazole rings is 1. The van der Waals surface area contributed by atoms with Gasteiger partial charge in [0, 0.05) is 7.05 Å². The monoisotopic (exact) mass is 190 g/mol. The summed E-state index contributed by atoms with van der Waals surface area (Å²) < 4.78 is 2.10. The molecule has 0 unspecified atom stereocenters. The highest BCUT2D eigenvalue weighted by Crippen LogP contribution is 2.10. The van der Waals surface area contributed by atoms with Crippen LogP contribution in [0.3, 0.4) is 0 Å². The van der Waals surface area contributed by atoms with Crippen molar-refractivity contribution in [1.82, 2.24) is 9.55 Å². The fourth-order valence-corrected chi connectivity index (χ4v) is 1.36. The van der Waals surface area contributed by atoms with Crippen LogP contribution in [0.2, 0.25) is 0 Å². The highest BCUT2D eigenvalue weighted by molar-refractivity contribution is 5.50. The Hall–Kier alpha value is -1.31. The molecule has 0 saturated heterocycles. The van der Waals surface area contributed by atoms with E-state index in [2.05, 4.69) is 41.6 Å². The van der Waals surface area contributed by atoms with Crippen molar-refractivity contribution in [3.05, 3.63) is 34.9 Å². The molecule has 1 aromatic rings. The summed E-state index contributed by atoms with van der Waals surface area (Å²) in [4.78, 5) is 4.40. The zero-order valence-corrected chi connectivity index (χ0v) is 9.63. The quantitative estimate of drug-likeness (QED) is 0.655. The van der Waals surface area contributed by atoms with E-state index >= 15 is 0 Å². The summed E-state index contributed by atoms with van der Waals surface area (Å²) in [6.45, 7) is 8.23. The van der Waals surface area contributed by atoms with E-state index in [1.807, 2.05) is 20.9 Å². The predicted octanol–water partition coefficient (Wildman–Crippen LogP) is 3.02. The molecule has 2 nitrogen and oxygen atoms in total. The highest BCUT2D eigenvalue weighted by Gasteiger charge is 2.03. The molecule has 0 spiro atoms. The maximum absolute atomic E-state index is 4.40. The molecule has 0 aromatic carbocycles. The van der Waals surface area contributed by atoms with Crippen LogP contribution < -0.4 is 0 Å². The molecule has 0 atom stereocenters. The third kappa shape index (κ3) is 2.34. The second-order valence-corrected chi connectivity index (χ2v) is 3.79. The SMILES string of the molecule is CC(C)=C/C=C\c1c(C)nc(C)n1C. The van der Waals surface area contributed by atoms with Gasteiger partial charge >= 0.3 is 0 Å². The van der Waals surface area contributed by atoms with Gasteiger partial charge in [-0.25, -0.2) is 4.98 Å². The first-order valence-electron chi connectivity index (χ1n) is 4.84. The van der Waals surface area contributed by atoms with Crippen LogP contribution in [0.15, 0.2) is 17.7 Å². The molecule has 1 rings (SSSR count). The molecule has 0 bridgehead atoms. The largest absolute Gasteiger partial charge is 0.332 e. The van der Waals surface area contributed by atoms with E-state index in [0.717, 1.165) is 11.5 Å². The van der Waals surface area contributed by atoms with Gasteiger partial charge in [0.15, 0.2) is 0 Å². The summed E-state index contributed by atoms with van der Waals surface area (Å²) >= 11 is 0. The van der Waals surface area contributed by atoms with Crippen LogP contribution in [-0.4, -0.2) is 9.55 Å². The molecule has 76 valence electrons. The number of hydrogen-bond donors (Lipinski definition) is 0. The molecule has 0 amide bonds. The molecule has 0 aliphatic rings. The van der Waals surface area contributed by atoms with E-state index < -0.39 is 0 Å². The summed E-state index contributed by atoms with van der Waals surface area (Å²) in [6.07, 6.45) is 6.27. The van der Waals surface area contributed by atoms with Crippen LogP contribution >= 0.6 is 0 Å². The molecule has 2 heteroatoms. The topological polar surface area (TPSA) is 17.8 Å². The molecule has 0 aliphatic heterocycles. The van der Waals surface area contributed by atoms with Gasteiger partial charge in [-0.05, 0) is 33.8 Å². The standard InChI is InChI=1S/C12H18N2/c1-9(2)7-6-8-12-10(3)13-11(4)14(12)5/h6-8H,1-5H3/b8-6-. The summed E-state index contributed by atoms with van der Waals surface area (Å²) in [5.41, 5.74) is 3.57. The second-order valence-electron chi connectivity index (χ2n) is 3.79. The lowest BCUT2D eigenvalue weighted by Gasteiger charge is -1.97. The van der Waals surface area contributed by atoms with Gasteiger partial charge in [-0.2, -0.15) is 0 Å². The Morgan fingerprint density at radius 1 is 1.29 bits per heavy atom. The Kier molecular flexibility index (Phi) is 3.28. The molecule has 0 saturated carbocycles. The van der Waals surface area contributed by atoms with Gasteiger partial charge in [-0.1, -0.05) is 17.7 Å². The molecule has 1 heterocycles. The van der Waals surface area contributed by atoms with Gasteiger partial charge < -0.3 is 4.57 Å². The van der Waals surface area contributed by atoms with Crippen molar-refractivity contribution in [3.63, 3.8) is 0 Å². The lowest BCUT2D eigenvalue weighted by Crippen LogP contribution is -1.93. The van der Waals surface area contributed by atoms with Crippen molar-refractivity contribution in [2.24, 2.45) is 7.05 Å². The minimum absolute atomic E-state index is 1.05. The number of rotatable bonds is 2. The van der Waals surface area contributed by atoms with Crippen molar-refractivity contribution in [2.75, 3.05) is 0 Å². The average Bonchev–Trinajstić information content (AvgIpc) is 2.31. The van der Waals surface area contributed by atoms with E-state index in [1.54, 1.807) is 0 Å². The number of aromatic nitrogens is 2. The number of hydrogen-bond acceptors (Lipinski definition) is 1. The Morgan fingerprint density at radius 2 is 1.93 bits per heavy atom. The van der Waals surface area contributed by atoms with E-state index in [1.165, 1.54) is 11.3 Å². The Labute approximate surface area is 86.0 Å². The lowest BCUT2D eigenvalue weighted by molar-refractivity contribution is 0.849. The van der Waals surface area contributed by atoms with E-state index in [9.17, 15) is 0 Å².